The van der Waals surface area contributed by atoms with E-state index >= 15 is 0 Å². The molecule has 0 aliphatic carbocycles. The molecule has 1 aliphatic heterocycles. The van der Waals surface area contributed by atoms with Gasteiger partial charge in [-0.25, -0.2) is 13.2 Å². The van der Waals surface area contributed by atoms with Crippen molar-refractivity contribution in [2.45, 2.75) is 24.8 Å². The number of hydrogen-bond acceptors (Lipinski definition) is 6. The van der Waals surface area contributed by atoms with Gasteiger partial charge in [0.05, 0.1) is 23.7 Å². The van der Waals surface area contributed by atoms with Crippen LogP contribution in [-0.2, 0) is 24.3 Å². The van der Waals surface area contributed by atoms with E-state index in [2.05, 4.69) is 10.3 Å². The Kier molecular flexibility index (Phi) is 6.50. The van der Waals surface area contributed by atoms with E-state index in [1.807, 2.05) is 24.3 Å². The number of anilines is 1. The van der Waals surface area contributed by atoms with Gasteiger partial charge in [0.2, 0.25) is 10.0 Å². The number of H-pyrrole nitrogens is 1. The van der Waals surface area contributed by atoms with E-state index in [9.17, 15) is 18.0 Å². The van der Waals surface area contributed by atoms with Gasteiger partial charge >= 0.3 is 5.97 Å². The molecule has 1 unspecified atom stereocenters. The highest BCUT2D eigenvalue weighted by Gasteiger charge is 2.27. The summed E-state index contributed by atoms with van der Waals surface area (Å²) in [7, 11) is -3.62. The summed E-state index contributed by atoms with van der Waals surface area (Å²) >= 11 is 0. The first-order chi connectivity index (χ1) is 15.8. The van der Waals surface area contributed by atoms with Gasteiger partial charge < -0.3 is 19.8 Å². The highest BCUT2D eigenvalue weighted by atomic mass is 32.2. The third kappa shape index (κ3) is 4.77. The number of hydrogen-bond donors (Lipinski definition) is 2. The second-order valence-corrected chi connectivity index (χ2v) is 9.69. The van der Waals surface area contributed by atoms with Gasteiger partial charge in [0.15, 0.2) is 6.10 Å². The van der Waals surface area contributed by atoms with E-state index < -0.39 is 28.0 Å². The average Bonchev–Trinajstić information content (AvgIpc) is 3.15. The standard InChI is InChI=1S/C23H25N3O6S/c1-15-21(19-5-3-4-6-20(19)24-15)23(28)32-16(2)22(27)25-17-7-9-18(10-8-17)33(29,30)26-11-13-31-14-12-26/h3-10,16,24H,11-14H2,1-2H3,(H,25,27). The lowest BCUT2D eigenvalue weighted by atomic mass is 10.1. The van der Waals surface area contributed by atoms with Crippen LogP contribution in [0, 0.1) is 6.92 Å². The summed E-state index contributed by atoms with van der Waals surface area (Å²) in [5.41, 5.74) is 2.26. The third-order valence-electron chi connectivity index (χ3n) is 5.48. The molecular formula is C23H25N3O6S. The molecule has 1 amide bonds. The first-order valence-corrected chi connectivity index (χ1v) is 12.0. The number of nitrogens with one attached hydrogen (secondary N) is 2. The van der Waals surface area contributed by atoms with Gasteiger partial charge in [0, 0.05) is 35.4 Å². The fourth-order valence-corrected chi connectivity index (χ4v) is 5.11. The van der Waals surface area contributed by atoms with Gasteiger partial charge in [-0.1, -0.05) is 18.2 Å². The highest BCUT2D eigenvalue weighted by molar-refractivity contribution is 7.89. The van der Waals surface area contributed by atoms with Crippen LogP contribution in [0.2, 0.25) is 0 Å². The maximum absolute atomic E-state index is 12.7. The Morgan fingerprint density at radius 1 is 1.09 bits per heavy atom. The molecule has 2 aromatic carbocycles. The van der Waals surface area contributed by atoms with Gasteiger partial charge in [0.25, 0.3) is 5.91 Å². The minimum absolute atomic E-state index is 0.136. The number of aromatic nitrogens is 1. The van der Waals surface area contributed by atoms with Crippen molar-refractivity contribution in [2.24, 2.45) is 0 Å². The van der Waals surface area contributed by atoms with E-state index in [0.717, 1.165) is 10.9 Å². The zero-order valence-corrected chi connectivity index (χ0v) is 19.1. The lowest BCUT2D eigenvalue weighted by Crippen LogP contribution is -2.40. The summed E-state index contributed by atoms with van der Waals surface area (Å²) in [5.74, 6) is -1.12. The van der Waals surface area contributed by atoms with E-state index in [-0.39, 0.29) is 4.90 Å². The van der Waals surface area contributed by atoms with E-state index in [0.29, 0.717) is 43.2 Å². The van der Waals surface area contributed by atoms with Crippen LogP contribution < -0.4 is 5.32 Å². The van der Waals surface area contributed by atoms with Crippen LogP contribution >= 0.6 is 0 Å². The number of carbonyl (C=O) groups excluding carboxylic acids is 2. The number of fused-ring (bicyclic) bond motifs is 1. The molecule has 9 nitrogen and oxygen atoms in total. The molecule has 0 radical (unpaired) electrons. The number of benzene rings is 2. The smallest absolute Gasteiger partial charge is 0.341 e. The van der Waals surface area contributed by atoms with Gasteiger partial charge in [-0.2, -0.15) is 4.31 Å². The molecule has 2 heterocycles. The molecule has 1 atom stereocenters. The average molecular weight is 472 g/mol. The van der Waals surface area contributed by atoms with Crippen molar-refractivity contribution in [2.75, 3.05) is 31.6 Å². The Balaban J connectivity index is 1.40. The molecule has 1 aliphatic rings. The van der Waals surface area contributed by atoms with Crippen molar-refractivity contribution in [3.8, 4) is 0 Å². The highest BCUT2D eigenvalue weighted by Crippen LogP contribution is 2.23. The SMILES string of the molecule is Cc1[nH]c2ccccc2c1C(=O)OC(C)C(=O)Nc1ccc(S(=O)(=O)N2CCOCC2)cc1. The minimum Gasteiger partial charge on any atom is -0.449 e. The summed E-state index contributed by atoms with van der Waals surface area (Å²) in [6.07, 6.45) is -1.05. The molecule has 10 heteroatoms. The number of amides is 1. The molecule has 174 valence electrons. The predicted molar refractivity (Wildman–Crippen MR) is 123 cm³/mol. The zero-order valence-electron chi connectivity index (χ0n) is 18.3. The number of para-hydroxylation sites is 1. The Bertz CT molecular complexity index is 1280. The lowest BCUT2D eigenvalue weighted by Gasteiger charge is -2.26. The van der Waals surface area contributed by atoms with E-state index in [1.165, 1.54) is 35.5 Å². The number of sulfonamides is 1. The summed E-state index contributed by atoms with van der Waals surface area (Å²) < 4.78 is 37.4. The van der Waals surface area contributed by atoms with Crippen LogP contribution in [0.1, 0.15) is 23.0 Å². The van der Waals surface area contributed by atoms with Crippen molar-refractivity contribution in [3.05, 3.63) is 59.8 Å². The number of rotatable bonds is 6. The van der Waals surface area contributed by atoms with Crippen LogP contribution in [-0.4, -0.2) is 62.0 Å². The second-order valence-electron chi connectivity index (χ2n) is 7.75. The normalized spacial score (nSPS) is 15.8. The van der Waals surface area contributed by atoms with Crippen LogP contribution in [0.15, 0.2) is 53.4 Å². The molecule has 0 bridgehead atoms. The number of nitrogens with zero attached hydrogens (tertiary/aromatic N) is 1. The van der Waals surface area contributed by atoms with Crippen LogP contribution in [0.3, 0.4) is 0 Å². The second kappa shape index (κ2) is 9.34. The van der Waals surface area contributed by atoms with Crippen molar-refractivity contribution in [1.82, 2.24) is 9.29 Å². The topological polar surface area (TPSA) is 118 Å². The van der Waals surface area contributed by atoms with E-state index in [1.54, 1.807) is 6.92 Å². The first-order valence-electron chi connectivity index (χ1n) is 10.5. The number of aromatic amines is 1. The molecule has 1 saturated heterocycles. The number of esters is 1. The molecule has 33 heavy (non-hydrogen) atoms. The van der Waals surface area contributed by atoms with Crippen molar-refractivity contribution >= 4 is 38.5 Å². The molecule has 0 saturated carbocycles. The Morgan fingerprint density at radius 3 is 2.45 bits per heavy atom. The molecule has 2 N–H and O–H groups in total. The molecule has 1 fully saturated rings. The minimum atomic E-state index is -3.62. The lowest BCUT2D eigenvalue weighted by molar-refractivity contribution is -0.123. The predicted octanol–water partition coefficient (Wildman–Crippen LogP) is 2.68. The summed E-state index contributed by atoms with van der Waals surface area (Å²) in [5, 5.41) is 3.38. The Morgan fingerprint density at radius 2 is 1.76 bits per heavy atom. The fraction of sp³-hybridized carbons (Fsp3) is 0.304. The molecule has 1 aromatic heterocycles. The van der Waals surface area contributed by atoms with Crippen molar-refractivity contribution in [3.63, 3.8) is 0 Å². The third-order valence-corrected chi connectivity index (χ3v) is 7.39. The van der Waals surface area contributed by atoms with Gasteiger partial charge in [-0.05, 0) is 44.2 Å². The van der Waals surface area contributed by atoms with Crippen molar-refractivity contribution < 1.29 is 27.5 Å². The van der Waals surface area contributed by atoms with Crippen LogP contribution in [0.25, 0.3) is 10.9 Å². The van der Waals surface area contributed by atoms with Gasteiger partial charge in [0.1, 0.15) is 0 Å². The van der Waals surface area contributed by atoms with Gasteiger partial charge in [-0.15, -0.1) is 0 Å². The summed E-state index contributed by atoms with van der Waals surface area (Å²) in [4.78, 5) is 28.5. The number of morpholine rings is 1. The summed E-state index contributed by atoms with van der Waals surface area (Å²) in [6.45, 7) is 4.59. The maximum Gasteiger partial charge on any atom is 0.341 e. The molecule has 0 spiro atoms. The molecule has 3 aromatic rings. The van der Waals surface area contributed by atoms with Gasteiger partial charge in [-0.3, -0.25) is 4.79 Å². The molecular weight excluding hydrogens is 446 g/mol. The maximum atomic E-state index is 12.7. The Hall–Kier alpha value is -3.21. The number of ether oxygens (including phenoxy) is 2. The van der Waals surface area contributed by atoms with Crippen molar-refractivity contribution in [1.29, 1.82) is 0 Å². The van der Waals surface area contributed by atoms with Crippen LogP contribution in [0.5, 0.6) is 0 Å². The number of aryl methyl sites for hydroxylation is 1. The Labute approximate surface area is 191 Å². The zero-order chi connectivity index (χ0) is 23.6. The fourth-order valence-electron chi connectivity index (χ4n) is 3.70. The quantitative estimate of drug-likeness (QED) is 0.534. The summed E-state index contributed by atoms with van der Waals surface area (Å²) in [6, 6.07) is 13.2. The first kappa shape index (κ1) is 23.0. The van der Waals surface area contributed by atoms with Crippen LogP contribution in [0.4, 0.5) is 5.69 Å². The molecule has 4 rings (SSSR count). The van der Waals surface area contributed by atoms with E-state index in [4.69, 9.17) is 9.47 Å². The monoisotopic (exact) mass is 471 g/mol. The largest absolute Gasteiger partial charge is 0.449 e. The number of carbonyl (C=O) groups is 2.